The maximum atomic E-state index is 11.7. The molecule has 0 spiro atoms. The number of benzene rings is 1. The van der Waals surface area contributed by atoms with Crippen LogP contribution in [0.3, 0.4) is 0 Å². The summed E-state index contributed by atoms with van der Waals surface area (Å²) in [5.41, 5.74) is 2.94. The zero-order valence-electron chi connectivity index (χ0n) is 12.4. The van der Waals surface area contributed by atoms with Crippen LogP contribution >= 0.6 is 11.8 Å². The van der Waals surface area contributed by atoms with Crippen LogP contribution in [-0.4, -0.2) is 21.3 Å². The maximum absolute atomic E-state index is 11.7. The molecule has 2 rings (SSSR count). The van der Waals surface area contributed by atoms with Gasteiger partial charge in [-0.1, -0.05) is 43.8 Å². The zero-order valence-corrected chi connectivity index (χ0v) is 13.2. The number of carbonyl (C=O) groups is 1. The van der Waals surface area contributed by atoms with Crippen LogP contribution < -0.4 is 0 Å². The maximum Gasteiger partial charge on any atom is 0.338 e. The monoisotopic (exact) mass is 302 g/mol. The Balaban J connectivity index is 2.54. The molecule has 0 aliphatic carbocycles. The number of rotatable bonds is 5. The number of nitrogens with zero attached hydrogens (tertiary/aromatic N) is 2. The van der Waals surface area contributed by atoms with E-state index in [1.807, 2.05) is 45.0 Å². The molecule has 21 heavy (non-hydrogen) atoms. The van der Waals surface area contributed by atoms with E-state index in [-0.39, 0.29) is 5.56 Å². The van der Waals surface area contributed by atoms with Crippen LogP contribution in [0.25, 0.3) is 0 Å². The van der Waals surface area contributed by atoms with Crippen molar-refractivity contribution in [3.63, 3.8) is 0 Å². The van der Waals surface area contributed by atoms with Gasteiger partial charge in [0.25, 0.3) is 0 Å². The molecule has 0 unspecified atom stereocenters. The molecule has 0 amide bonds. The predicted molar refractivity (Wildman–Crippen MR) is 83.0 cm³/mol. The van der Waals surface area contributed by atoms with Crippen molar-refractivity contribution >= 4 is 17.7 Å². The smallest absolute Gasteiger partial charge is 0.338 e. The van der Waals surface area contributed by atoms with Gasteiger partial charge in [0.1, 0.15) is 5.03 Å². The summed E-state index contributed by atoms with van der Waals surface area (Å²) in [4.78, 5) is 12.7. The molecule has 0 atom stereocenters. The standard InChI is InChI=1S/C16H18N2O2S/c1-4-11-12(5-2)17-18-15(14(11)16(19)20)21-13-9-7-6-8-10(13)3/h6-9H,4-5H2,1-3H3,(H,19,20). The summed E-state index contributed by atoms with van der Waals surface area (Å²) < 4.78 is 0. The van der Waals surface area contributed by atoms with E-state index in [4.69, 9.17) is 0 Å². The Morgan fingerprint density at radius 3 is 2.48 bits per heavy atom. The van der Waals surface area contributed by atoms with Crippen molar-refractivity contribution in [3.8, 4) is 0 Å². The largest absolute Gasteiger partial charge is 0.478 e. The first-order valence-electron chi connectivity index (χ1n) is 6.93. The summed E-state index contributed by atoms with van der Waals surface area (Å²) in [5.74, 6) is -0.937. The summed E-state index contributed by atoms with van der Waals surface area (Å²) in [6.07, 6.45) is 1.33. The van der Waals surface area contributed by atoms with E-state index in [2.05, 4.69) is 10.2 Å². The molecule has 1 N–H and O–H groups in total. The minimum atomic E-state index is -0.937. The van der Waals surface area contributed by atoms with E-state index >= 15 is 0 Å². The zero-order chi connectivity index (χ0) is 15.4. The van der Waals surface area contributed by atoms with E-state index in [1.165, 1.54) is 11.8 Å². The van der Waals surface area contributed by atoms with Crippen LogP contribution in [0, 0.1) is 6.92 Å². The number of aromatic nitrogens is 2. The molecule has 0 bridgehead atoms. The Kier molecular flexibility index (Phi) is 4.96. The van der Waals surface area contributed by atoms with Gasteiger partial charge in [-0.15, -0.1) is 5.10 Å². The third kappa shape index (κ3) is 3.24. The van der Waals surface area contributed by atoms with Gasteiger partial charge in [0.05, 0.1) is 11.3 Å². The SMILES string of the molecule is CCc1nnc(Sc2ccccc2C)c(C(=O)O)c1CC. The fraction of sp³-hybridized carbons (Fsp3) is 0.312. The van der Waals surface area contributed by atoms with Gasteiger partial charge in [-0.05, 0) is 37.0 Å². The molecule has 0 fully saturated rings. The first kappa shape index (κ1) is 15.5. The van der Waals surface area contributed by atoms with Gasteiger partial charge >= 0.3 is 5.97 Å². The number of hydrogen-bond acceptors (Lipinski definition) is 4. The van der Waals surface area contributed by atoms with Gasteiger partial charge in [0.15, 0.2) is 0 Å². The number of carboxylic acids is 1. The average Bonchev–Trinajstić information content (AvgIpc) is 2.48. The second-order valence-corrected chi connectivity index (χ2v) is 5.72. The van der Waals surface area contributed by atoms with Crippen molar-refractivity contribution in [2.24, 2.45) is 0 Å². The Hall–Kier alpha value is -1.88. The van der Waals surface area contributed by atoms with Gasteiger partial charge < -0.3 is 5.11 Å². The first-order valence-corrected chi connectivity index (χ1v) is 7.75. The number of aryl methyl sites for hydroxylation is 2. The van der Waals surface area contributed by atoms with Crippen molar-refractivity contribution < 1.29 is 9.90 Å². The summed E-state index contributed by atoms with van der Waals surface area (Å²) in [6.45, 7) is 5.91. The highest BCUT2D eigenvalue weighted by atomic mass is 32.2. The molecule has 0 saturated carbocycles. The third-order valence-corrected chi connectivity index (χ3v) is 4.49. The fourth-order valence-electron chi connectivity index (χ4n) is 2.22. The molecule has 1 aromatic carbocycles. The molecular weight excluding hydrogens is 284 g/mol. The highest BCUT2D eigenvalue weighted by Crippen LogP contribution is 2.32. The minimum Gasteiger partial charge on any atom is -0.478 e. The van der Waals surface area contributed by atoms with Gasteiger partial charge in [-0.3, -0.25) is 0 Å². The van der Waals surface area contributed by atoms with Gasteiger partial charge in [-0.2, -0.15) is 5.10 Å². The molecule has 1 aromatic heterocycles. The molecule has 5 heteroatoms. The average molecular weight is 302 g/mol. The third-order valence-electron chi connectivity index (χ3n) is 3.33. The highest BCUT2D eigenvalue weighted by Gasteiger charge is 2.21. The molecule has 0 radical (unpaired) electrons. The van der Waals surface area contributed by atoms with Crippen LogP contribution in [0.2, 0.25) is 0 Å². The van der Waals surface area contributed by atoms with Gasteiger partial charge in [-0.25, -0.2) is 4.79 Å². The second kappa shape index (κ2) is 6.72. The topological polar surface area (TPSA) is 63.1 Å². The molecule has 1 heterocycles. The van der Waals surface area contributed by atoms with Crippen molar-refractivity contribution in [1.29, 1.82) is 0 Å². The molecule has 0 aliphatic rings. The minimum absolute atomic E-state index is 0.289. The van der Waals surface area contributed by atoms with E-state index < -0.39 is 5.97 Å². The number of carboxylic acid groups (broad SMARTS) is 1. The van der Waals surface area contributed by atoms with E-state index in [0.717, 1.165) is 21.7 Å². The van der Waals surface area contributed by atoms with Crippen LogP contribution in [0.15, 0.2) is 34.2 Å². The van der Waals surface area contributed by atoms with Gasteiger partial charge in [0.2, 0.25) is 0 Å². The van der Waals surface area contributed by atoms with E-state index in [1.54, 1.807) is 0 Å². The van der Waals surface area contributed by atoms with Crippen LogP contribution in [0.1, 0.15) is 41.0 Å². The van der Waals surface area contributed by atoms with E-state index in [9.17, 15) is 9.90 Å². The van der Waals surface area contributed by atoms with Crippen molar-refractivity contribution in [3.05, 3.63) is 46.6 Å². The Bertz CT molecular complexity index is 671. The number of hydrogen-bond donors (Lipinski definition) is 1. The van der Waals surface area contributed by atoms with Crippen molar-refractivity contribution in [1.82, 2.24) is 10.2 Å². The quantitative estimate of drug-likeness (QED) is 0.911. The van der Waals surface area contributed by atoms with Crippen LogP contribution in [0.5, 0.6) is 0 Å². The molecular formula is C16H18N2O2S. The van der Waals surface area contributed by atoms with Crippen LogP contribution in [-0.2, 0) is 12.8 Å². The molecule has 110 valence electrons. The normalized spacial score (nSPS) is 10.6. The first-order chi connectivity index (χ1) is 10.1. The number of aromatic carboxylic acids is 1. The Morgan fingerprint density at radius 1 is 1.19 bits per heavy atom. The summed E-state index contributed by atoms with van der Waals surface area (Å²) in [6, 6.07) is 7.86. The second-order valence-electron chi connectivity index (χ2n) is 4.69. The molecule has 0 saturated heterocycles. The molecule has 2 aromatic rings. The lowest BCUT2D eigenvalue weighted by atomic mass is 10.0. The summed E-state index contributed by atoms with van der Waals surface area (Å²) in [7, 11) is 0. The Morgan fingerprint density at radius 2 is 1.90 bits per heavy atom. The lowest BCUT2D eigenvalue weighted by Gasteiger charge is -2.12. The predicted octanol–water partition coefficient (Wildman–Crippen LogP) is 3.76. The van der Waals surface area contributed by atoms with Gasteiger partial charge in [0, 0.05) is 4.90 Å². The van der Waals surface area contributed by atoms with Crippen molar-refractivity contribution in [2.45, 2.75) is 43.5 Å². The molecule has 0 aliphatic heterocycles. The Labute approximate surface area is 128 Å². The van der Waals surface area contributed by atoms with Crippen molar-refractivity contribution in [2.75, 3.05) is 0 Å². The fourth-order valence-corrected chi connectivity index (χ4v) is 3.20. The molecule has 4 nitrogen and oxygen atoms in total. The summed E-state index contributed by atoms with van der Waals surface area (Å²) in [5, 5.41) is 18.4. The van der Waals surface area contributed by atoms with Crippen LogP contribution in [0.4, 0.5) is 0 Å². The lowest BCUT2D eigenvalue weighted by Crippen LogP contribution is -2.11. The summed E-state index contributed by atoms with van der Waals surface area (Å²) >= 11 is 1.36. The lowest BCUT2D eigenvalue weighted by molar-refractivity contribution is 0.0690. The highest BCUT2D eigenvalue weighted by molar-refractivity contribution is 7.99. The van der Waals surface area contributed by atoms with E-state index in [0.29, 0.717) is 17.9 Å².